The van der Waals surface area contributed by atoms with Gasteiger partial charge in [0.25, 0.3) is 0 Å². The molecular formula is C13H18O. The molecule has 1 nitrogen and oxygen atoms in total. The number of hydrogen-bond donors (Lipinski definition) is 0. The number of ketones is 1. The Hall–Kier alpha value is -0.770. The second kappa shape index (κ2) is 4.17. The number of fused-ring (bicyclic) bond motifs is 2. The van der Waals surface area contributed by atoms with E-state index in [9.17, 15) is 4.79 Å². The van der Waals surface area contributed by atoms with Gasteiger partial charge >= 0.3 is 0 Å². The van der Waals surface area contributed by atoms with Gasteiger partial charge in [-0.2, -0.15) is 0 Å². The van der Waals surface area contributed by atoms with Gasteiger partial charge < -0.3 is 0 Å². The highest BCUT2D eigenvalue weighted by atomic mass is 16.1. The number of carbonyl (C=O) groups excluding carboxylic acids is 1. The Morgan fingerprint density at radius 2 is 2.21 bits per heavy atom. The topological polar surface area (TPSA) is 17.1 Å². The van der Waals surface area contributed by atoms with E-state index >= 15 is 0 Å². The highest BCUT2D eigenvalue weighted by Crippen LogP contribution is 2.49. The largest absolute Gasteiger partial charge is 0.299 e. The lowest BCUT2D eigenvalue weighted by Gasteiger charge is -2.20. The summed E-state index contributed by atoms with van der Waals surface area (Å²) in [7, 11) is 0. The van der Waals surface area contributed by atoms with Crippen LogP contribution in [-0.4, -0.2) is 5.78 Å². The van der Waals surface area contributed by atoms with E-state index in [1.807, 2.05) is 0 Å². The second-order valence-electron chi connectivity index (χ2n) is 4.78. The van der Waals surface area contributed by atoms with Crippen LogP contribution < -0.4 is 0 Å². The van der Waals surface area contributed by atoms with E-state index in [2.05, 4.69) is 11.8 Å². The van der Waals surface area contributed by atoms with E-state index in [1.165, 1.54) is 25.7 Å². The molecule has 14 heavy (non-hydrogen) atoms. The Morgan fingerprint density at radius 1 is 1.36 bits per heavy atom. The van der Waals surface area contributed by atoms with E-state index in [0.717, 1.165) is 18.3 Å². The van der Waals surface area contributed by atoms with Crippen molar-refractivity contribution in [1.29, 1.82) is 0 Å². The zero-order valence-electron chi connectivity index (χ0n) is 8.88. The molecule has 0 aromatic rings. The lowest BCUT2D eigenvalue weighted by molar-refractivity contribution is -0.119. The maximum atomic E-state index is 11.5. The summed E-state index contributed by atoms with van der Waals surface area (Å²) in [6.45, 7) is 1.80. The van der Waals surface area contributed by atoms with Crippen molar-refractivity contribution in [2.24, 2.45) is 17.8 Å². The average Bonchev–Trinajstić information content (AvgIpc) is 2.76. The third kappa shape index (κ3) is 2.00. The van der Waals surface area contributed by atoms with Crippen LogP contribution in [0.1, 0.15) is 45.4 Å². The predicted molar refractivity (Wildman–Crippen MR) is 56.6 cm³/mol. The van der Waals surface area contributed by atoms with Crippen molar-refractivity contribution >= 4 is 5.78 Å². The normalized spacial score (nSPS) is 33.9. The van der Waals surface area contributed by atoms with Crippen molar-refractivity contribution in [3.8, 4) is 11.8 Å². The van der Waals surface area contributed by atoms with Crippen molar-refractivity contribution in [2.75, 3.05) is 0 Å². The Labute approximate surface area is 86.3 Å². The molecule has 2 aliphatic rings. The quantitative estimate of drug-likeness (QED) is 0.625. The summed E-state index contributed by atoms with van der Waals surface area (Å²) in [5.74, 6) is 8.55. The number of carbonyl (C=O) groups is 1. The maximum Gasteiger partial charge on any atom is 0.145 e. The SMILES string of the molecule is CC#CCC(=O)CC1CC2CCC1C2. The smallest absolute Gasteiger partial charge is 0.145 e. The Balaban J connectivity index is 1.80. The molecule has 2 rings (SSSR count). The van der Waals surface area contributed by atoms with Crippen molar-refractivity contribution in [1.82, 2.24) is 0 Å². The second-order valence-corrected chi connectivity index (χ2v) is 4.78. The lowest BCUT2D eigenvalue weighted by Crippen LogP contribution is -2.14. The Bertz CT molecular complexity index is 281. The third-order valence-corrected chi connectivity index (χ3v) is 3.84. The van der Waals surface area contributed by atoms with Gasteiger partial charge in [-0.05, 0) is 43.9 Å². The molecule has 3 atom stereocenters. The number of Topliss-reactive ketones (excluding diaryl/α,β-unsaturated/α-hetero) is 1. The lowest BCUT2D eigenvalue weighted by atomic mass is 9.85. The van der Waals surface area contributed by atoms with Gasteiger partial charge in [-0.3, -0.25) is 4.79 Å². The molecule has 1 heteroatoms. The first kappa shape index (κ1) is 9.77. The van der Waals surface area contributed by atoms with Gasteiger partial charge in [-0.25, -0.2) is 0 Å². The highest BCUT2D eigenvalue weighted by molar-refractivity contribution is 5.81. The fourth-order valence-corrected chi connectivity index (χ4v) is 3.18. The third-order valence-electron chi connectivity index (χ3n) is 3.84. The van der Waals surface area contributed by atoms with Crippen LogP contribution in [0.25, 0.3) is 0 Å². The number of rotatable bonds is 3. The molecular weight excluding hydrogens is 172 g/mol. The molecule has 2 aliphatic carbocycles. The molecule has 0 aromatic carbocycles. The average molecular weight is 190 g/mol. The molecule has 0 radical (unpaired) electrons. The van der Waals surface area contributed by atoms with Crippen molar-refractivity contribution in [3.63, 3.8) is 0 Å². The maximum absolute atomic E-state index is 11.5. The summed E-state index contributed by atoms with van der Waals surface area (Å²) in [4.78, 5) is 11.5. The van der Waals surface area contributed by atoms with Crippen LogP contribution in [0.5, 0.6) is 0 Å². The molecule has 0 amide bonds. The van der Waals surface area contributed by atoms with Crippen LogP contribution >= 0.6 is 0 Å². The van der Waals surface area contributed by atoms with E-state index in [4.69, 9.17) is 0 Å². The molecule has 0 N–H and O–H groups in total. The van der Waals surface area contributed by atoms with E-state index in [0.29, 0.717) is 18.1 Å². The molecule has 76 valence electrons. The minimum absolute atomic E-state index is 0.358. The van der Waals surface area contributed by atoms with Crippen molar-refractivity contribution in [3.05, 3.63) is 0 Å². The summed E-state index contributed by atoms with van der Waals surface area (Å²) in [6.07, 6.45) is 6.79. The highest BCUT2D eigenvalue weighted by Gasteiger charge is 2.39. The van der Waals surface area contributed by atoms with Crippen LogP contribution in [0.2, 0.25) is 0 Å². The Kier molecular flexibility index (Phi) is 2.91. The summed E-state index contributed by atoms with van der Waals surface area (Å²) in [5.41, 5.74) is 0. The summed E-state index contributed by atoms with van der Waals surface area (Å²) in [5, 5.41) is 0. The first-order valence-electron chi connectivity index (χ1n) is 5.71. The summed E-state index contributed by atoms with van der Waals surface area (Å²) >= 11 is 0. The molecule has 0 saturated heterocycles. The van der Waals surface area contributed by atoms with Gasteiger partial charge in [-0.1, -0.05) is 12.3 Å². The predicted octanol–water partition coefficient (Wildman–Crippen LogP) is 2.80. The molecule has 3 unspecified atom stereocenters. The Morgan fingerprint density at radius 3 is 2.79 bits per heavy atom. The van der Waals surface area contributed by atoms with Gasteiger partial charge in [0.15, 0.2) is 0 Å². The fraction of sp³-hybridized carbons (Fsp3) is 0.769. The summed E-state index contributed by atoms with van der Waals surface area (Å²) in [6, 6.07) is 0. The van der Waals surface area contributed by atoms with Crippen molar-refractivity contribution in [2.45, 2.75) is 45.4 Å². The molecule has 2 fully saturated rings. The van der Waals surface area contributed by atoms with Gasteiger partial charge in [0.05, 0.1) is 6.42 Å². The first-order chi connectivity index (χ1) is 6.79. The van der Waals surface area contributed by atoms with Crippen molar-refractivity contribution < 1.29 is 4.79 Å². The van der Waals surface area contributed by atoms with E-state index < -0.39 is 0 Å². The standard InChI is InChI=1S/C13H18O/c1-2-3-4-13(14)9-12-8-10-5-6-11(12)7-10/h10-12H,4-9H2,1H3. The van der Waals surface area contributed by atoms with Gasteiger partial charge in [0, 0.05) is 6.42 Å². The van der Waals surface area contributed by atoms with Crippen LogP contribution in [-0.2, 0) is 4.79 Å². The molecule has 0 spiro atoms. The fourth-order valence-electron chi connectivity index (χ4n) is 3.18. The molecule has 2 saturated carbocycles. The van der Waals surface area contributed by atoms with Gasteiger partial charge in [0.2, 0.25) is 0 Å². The number of hydrogen-bond acceptors (Lipinski definition) is 1. The zero-order valence-corrected chi connectivity index (χ0v) is 8.88. The van der Waals surface area contributed by atoms with Gasteiger partial charge in [-0.15, -0.1) is 5.92 Å². The van der Waals surface area contributed by atoms with Crippen LogP contribution in [0.15, 0.2) is 0 Å². The van der Waals surface area contributed by atoms with Crippen LogP contribution in [0, 0.1) is 29.6 Å². The monoisotopic (exact) mass is 190 g/mol. The van der Waals surface area contributed by atoms with E-state index in [1.54, 1.807) is 6.92 Å². The molecule has 2 bridgehead atoms. The van der Waals surface area contributed by atoms with Gasteiger partial charge in [0.1, 0.15) is 5.78 Å². The summed E-state index contributed by atoms with van der Waals surface area (Å²) < 4.78 is 0. The first-order valence-corrected chi connectivity index (χ1v) is 5.71. The minimum Gasteiger partial charge on any atom is -0.299 e. The zero-order chi connectivity index (χ0) is 9.97. The molecule has 0 aromatic heterocycles. The van der Waals surface area contributed by atoms with Crippen LogP contribution in [0.4, 0.5) is 0 Å². The molecule has 0 heterocycles. The van der Waals surface area contributed by atoms with E-state index in [-0.39, 0.29) is 0 Å². The molecule has 0 aliphatic heterocycles. The minimum atomic E-state index is 0.358. The van der Waals surface area contributed by atoms with Crippen LogP contribution in [0.3, 0.4) is 0 Å².